The summed E-state index contributed by atoms with van der Waals surface area (Å²) in [6.45, 7) is 0.315. The van der Waals surface area contributed by atoms with Crippen molar-refractivity contribution >= 4 is 18.0 Å². The molecule has 186 valence electrons. The lowest BCUT2D eigenvalue weighted by Gasteiger charge is -2.30. The average Bonchev–Trinajstić information content (AvgIpc) is 3.42. The molecule has 0 saturated heterocycles. The molecular weight excluding hydrogens is 448 g/mol. The minimum Gasteiger partial charge on any atom is -0.481 e. The van der Waals surface area contributed by atoms with Crippen LogP contribution in [-0.2, 0) is 19.1 Å². The fourth-order valence-corrected chi connectivity index (χ4v) is 5.28. The molecule has 0 aliphatic heterocycles. The van der Waals surface area contributed by atoms with Crippen LogP contribution in [0.3, 0.4) is 0 Å². The third kappa shape index (κ3) is 5.82. The fourth-order valence-electron chi connectivity index (χ4n) is 5.28. The number of benzene rings is 2. The van der Waals surface area contributed by atoms with Crippen molar-refractivity contribution in [2.24, 2.45) is 0 Å². The Kier molecular flexibility index (Phi) is 7.70. The number of nitrogens with one attached hydrogen (secondary N) is 2. The highest BCUT2D eigenvalue weighted by Crippen LogP contribution is 2.44. The number of ether oxygens (including phenoxy) is 2. The molecule has 8 nitrogen and oxygen atoms in total. The number of methoxy groups -OCH3 is 1. The van der Waals surface area contributed by atoms with Crippen molar-refractivity contribution < 1.29 is 29.0 Å². The second-order valence-corrected chi connectivity index (χ2v) is 9.37. The van der Waals surface area contributed by atoms with Crippen LogP contribution in [0.25, 0.3) is 11.1 Å². The molecule has 2 aromatic rings. The van der Waals surface area contributed by atoms with Crippen LogP contribution in [-0.4, -0.2) is 55.0 Å². The molecule has 3 N–H and O–H groups in total. The SMILES string of the molecule is COC(CNC(=O)CC1(NC(=O)OCC2c3ccccc3-c3ccccc32)CCCC1)CC(=O)O. The molecule has 2 amide bonds. The van der Waals surface area contributed by atoms with E-state index in [2.05, 4.69) is 34.9 Å². The van der Waals surface area contributed by atoms with Crippen molar-refractivity contribution in [2.75, 3.05) is 20.3 Å². The van der Waals surface area contributed by atoms with Gasteiger partial charge in [-0.1, -0.05) is 61.4 Å². The molecule has 0 aromatic heterocycles. The quantitative estimate of drug-likeness (QED) is 0.476. The first-order chi connectivity index (χ1) is 16.9. The van der Waals surface area contributed by atoms with Gasteiger partial charge in [0.05, 0.1) is 18.1 Å². The summed E-state index contributed by atoms with van der Waals surface area (Å²) in [5, 5.41) is 14.7. The summed E-state index contributed by atoms with van der Waals surface area (Å²) < 4.78 is 10.8. The van der Waals surface area contributed by atoms with E-state index in [1.165, 1.54) is 18.2 Å². The van der Waals surface area contributed by atoms with Gasteiger partial charge in [-0.25, -0.2) is 4.79 Å². The van der Waals surface area contributed by atoms with E-state index in [-0.39, 0.29) is 37.8 Å². The molecule has 0 heterocycles. The summed E-state index contributed by atoms with van der Waals surface area (Å²) in [5.74, 6) is -1.27. The number of aliphatic carboxylic acids is 1. The summed E-state index contributed by atoms with van der Waals surface area (Å²) in [6.07, 6.45) is 1.99. The molecule has 35 heavy (non-hydrogen) atoms. The maximum atomic E-state index is 12.8. The van der Waals surface area contributed by atoms with Crippen LogP contribution in [0.5, 0.6) is 0 Å². The molecule has 8 heteroatoms. The molecule has 0 bridgehead atoms. The molecule has 1 unspecified atom stereocenters. The zero-order valence-corrected chi connectivity index (χ0v) is 19.9. The summed E-state index contributed by atoms with van der Waals surface area (Å²) in [5.41, 5.74) is 3.95. The Morgan fingerprint density at radius 3 is 2.20 bits per heavy atom. The van der Waals surface area contributed by atoms with Crippen molar-refractivity contribution in [2.45, 2.75) is 56.1 Å². The number of carboxylic acids is 1. The maximum Gasteiger partial charge on any atom is 0.407 e. The molecule has 2 aromatic carbocycles. The third-order valence-electron chi connectivity index (χ3n) is 7.03. The lowest BCUT2D eigenvalue weighted by atomic mass is 9.93. The van der Waals surface area contributed by atoms with Gasteiger partial charge in [0.2, 0.25) is 5.91 Å². The fraction of sp³-hybridized carbons (Fsp3) is 0.444. The summed E-state index contributed by atoms with van der Waals surface area (Å²) in [4.78, 5) is 36.4. The molecular formula is C27H32N2O6. The van der Waals surface area contributed by atoms with E-state index in [9.17, 15) is 14.4 Å². The van der Waals surface area contributed by atoms with Gasteiger partial charge in [-0.3, -0.25) is 9.59 Å². The molecule has 1 saturated carbocycles. The zero-order valence-electron chi connectivity index (χ0n) is 19.9. The predicted molar refractivity (Wildman–Crippen MR) is 130 cm³/mol. The van der Waals surface area contributed by atoms with E-state index in [0.717, 1.165) is 24.0 Å². The van der Waals surface area contributed by atoms with Gasteiger partial charge in [0.25, 0.3) is 0 Å². The second kappa shape index (κ2) is 10.9. The highest BCUT2D eigenvalue weighted by Gasteiger charge is 2.38. The number of fused-ring (bicyclic) bond motifs is 3. The normalized spacial score (nSPS) is 16.7. The lowest BCUT2D eigenvalue weighted by Crippen LogP contribution is -2.50. The molecule has 4 rings (SSSR count). The van der Waals surface area contributed by atoms with Crippen LogP contribution in [0.4, 0.5) is 4.79 Å². The number of amides is 2. The average molecular weight is 481 g/mol. The number of carboxylic acid groups (broad SMARTS) is 1. The highest BCUT2D eigenvalue weighted by atomic mass is 16.5. The van der Waals surface area contributed by atoms with Gasteiger partial charge in [0.15, 0.2) is 0 Å². The van der Waals surface area contributed by atoms with E-state index in [1.807, 2.05) is 24.3 Å². The summed E-state index contributed by atoms with van der Waals surface area (Å²) in [6, 6.07) is 16.3. The molecule has 0 radical (unpaired) electrons. The lowest BCUT2D eigenvalue weighted by molar-refractivity contribution is -0.140. The number of carbonyl (C=O) groups excluding carboxylic acids is 2. The largest absolute Gasteiger partial charge is 0.481 e. The number of hydrogen-bond acceptors (Lipinski definition) is 5. The molecule has 2 aliphatic rings. The molecule has 0 spiro atoms. The first-order valence-electron chi connectivity index (χ1n) is 12.1. The number of alkyl carbamates (subject to hydrolysis) is 1. The highest BCUT2D eigenvalue weighted by molar-refractivity contribution is 5.80. The van der Waals surface area contributed by atoms with Crippen LogP contribution >= 0.6 is 0 Å². The zero-order chi connectivity index (χ0) is 24.8. The predicted octanol–water partition coefficient (Wildman–Crippen LogP) is 3.83. The van der Waals surface area contributed by atoms with Gasteiger partial charge in [0.1, 0.15) is 6.61 Å². The molecule has 2 aliphatic carbocycles. The Bertz CT molecular complexity index is 1030. The van der Waals surface area contributed by atoms with Gasteiger partial charge >= 0.3 is 12.1 Å². The Labute approximate surface area is 205 Å². The van der Waals surface area contributed by atoms with Crippen molar-refractivity contribution in [1.82, 2.24) is 10.6 Å². The van der Waals surface area contributed by atoms with Gasteiger partial charge in [0, 0.05) is 26.0 Å². The Morgan fingerprint density at radius 1 is 1.03 bits per heavy atom. The molecule has 1 atom stereocenters. The number of rotatable bonds is 10. The topological polar surface area (TPSA) is 114 Å². The number of carbonyl (C=O) groups is 3. The van der Waals surface area contributed by atoms with Crippen molar-refractivity contribution in [3.63, 3.8) is 0 Å². The van der Waals surface area contributed by atoms with Crippen molar-refractivity contribution in [3.05, 3.63) is 59.7 Å². The van der Waals surface area contributed by atoms with E-state index in [1.54, 1.807) is 0 Å². The molecule has 1 fully saturated rings. The Balaban J connectivity index is 1.35. The van der Waals surface area contributed by atoms with Crippen LogP contribution in [0.1, 0.15) is 55.6 Å². The van der Waals surface area contributed by atoms with Crippen LogP contribution in [0.15, 0.2) is 48.5 Å². The second-order valence-electron chi connectivity index (χ2n) is 9.37. The van der Waals surface area contributed by atoms with E-state index in [4.69, 9.17) is 14.6 Å². The number of hydrogen-bond donors (Lipinski definition) is 3. The van der Waals surface area contributed by atoms with Crippen molar-refractivity contribution in [1.29, 1.82) is 0 Å². The van der Waals surface area contributed by atoms with E-state index >= 15 is 0 Å². The monoisotopic (exact) mass is 480 g/mol. The summed E-state index contributed by atoms with van der Waals surface area (Å²) >= 11 is 0. The smallest absolute Gasteiger partial charge is 0.407 e. The Hall–Kier alpha value is -3.39. The van der Waals surface area contributed by atoms with Gasteiger partial charge in [-0.15, -0.1) is 0 Å². The standard InChI is InChI=1S/C27H32N2O6/c1-34-18(14-25(31)32)16-28-24(30)15-27(12-6-7-13-27)29-26(33)35-17-23-21-10-4-2-8-19(21)20-9-3-5-11-22(20)23/h2-5,8-11,18,23H,6-7,12-17H2,1H3,(H,28,30)(H,29,33)(H,31,32). The van der Waals surface area contributed by atoms with Gasteiger partial charge in [-0.05, 0) is 35.1 Å². The van der Waals surface area contributed by atoms with E-state index in [0.29, 0.717) is 12.8 Å². The minimum absolute atomic E-state index is 0.0313. The first-order valence-corrected chi connectivity index (χ1v) is 12.1. The van der Waals surface area contributed by atoms with Gasteiger partial charge < -0.3 is 25.2 Å². The Morgan fingerprint density at radius 2 is 1.63 bits per heavy atom. The first kappa shape index (κ1) is 24.7. The van der Waals surface area contributed by atoms with Crippen LogP contribution < -0.4 is 10.6 Å². The van der Waals surface area contributed by atoms with Crippen LogP contribution in [0.2, 0.25) is 0 Å². The van der Waals surface area contributed by atoms with Crippen LogP contribution in [0, 0.1) is 0 Å². The van der Waals surface area contributed by atoms with Gasteiger partial charge in [-0.2, -0.15) is 0 Å². The third-order valence-corrected chi connectivity index (χ3v) is 7.03. The van der Waals surface area contributed by atoms with Crippen molar-refractivity contribution in [3.8, 4) is 11.1 Å². The maximum absolute atomic E-state index is 12.8. The summed E-state index contributed by atoms with van der Waals surface area (Å²) in [7, 11) is 1.41. The minimum atomic E-state index is -0.990. The van der Waals surface area contributed by atoms with E-state index < -0.39 is 23.7 Å².